The van der Waals surface area contributed by atoms with Gasteiger partial charge in [-0.2, -0.15) is 0 Å². The van der Waals surface area contributed by atoms with Gasteiger partial charge in [0, 0.05) is 0 Å². The topological polar surface area (TPSA) is 50.5 Å². The molecule has 2 aliphatic carbocycles. The summed E-state index contributed by atoms with van der Waals surface area (Å²) < 4.78 is 5.22. The van der Waals surface area contributed by atoms with Gasteiger partial charge >= 0.3 is 0 Å². The zero-order valence-corrected chi connectivity index (χ0v) is 9.78. The minimum Gasteiger partial charge on any atom is -0.467 e. The summed E-state index contributed by atoms with van der Waals surface area (Å²) in [5.41, 5.74) is 0. The van der Waals surface area contributed by atoms with Crippen molar-refractivity contribution in [1.82, 2.24) is 4.90 Å². The van der Waals surface area contributed by atoms with Crippen LogP contribution in [0.3, 0.4) is 0 Å². The Morgan fingerprint density at radius 1 is 1.17 bits per heavy atom. The maximum atomic E-state index is 12.3. The smallest absolute Gasteiger partial charge is 0.234 e. The Balaban J connectivity index is 1.64. The average Bonchev–Trinajstić information content (AvgIpc) is 3.10. The molecule has 0 N–H and O–H groups in total. The summed E-state index contributed by atoms with van der Waals surface area (Å²) in [5.74, 6) is 0.967. The molecule has 0 radical (unpaired) electrons. The summed E-state index contributed by atoms with van der Waals surface area (Å²) >= 11 is 0. The van der Waals surface area contributed by atoms with Gasteiger partial charge in [-0.3, -0.25) is 14.5 Å². The molecule has 4 atom stereocenters. The van der Waals surface area contributed by atoms with Crippen molar-refractivity contribution >= 4 is 11.8 Å². The van der Waals surface area contributed by atoms with E-state index in [4.69, 9.17) is 4.42 Å². The molecular weight excluding hydrogens is 230 g/mol. The predicted octanol–water partition coefficient (Wildman–Crippen LogP) is 1.59. The van der Waals surface area contributed by atoms with Crippen molar-refractivity contribution in [3.05, 3.63) is 36.3 Å². The van der Waals surface area contributed by atoms with E-state index in [1.807, 2.05) is 0 Å². The van der Waals surface area contributed by atoms with Gasteiger partial charge < -0.3 is 4.42 Å². The molecule has 2 bridgehead atoms. The molecular formula is C14H13NO3. The number of amides is 2. The predicted molar refractivity (Wildman–Crippen MR) is 62.0 cm³/mol. The molecule has 1 saturated carbocycles. The van der Waals surface area contributed by atoms with Gasteiger partial charge in [0.1, 0.15) is 5.76 Å². The second-order valence-corrected chi connectivity index (χ2v) is 5.34. The molecule has 0 aromatic carbocycles. The Morgan fingerprint density at radius 2 is 1.83 bits per heavy atom. The van der Waals surface area contributed by atoms with Crippen LogP contribution in [0.25, 0.3) is 0 Å². The molecule has 1 saturated heterocycles. The van der Waals surface area contributed by atoms with Crippen molar-refractivity contribution in [3.8, 4) is 0 Å². The molecule has 1 aromatic heterocycles. The van der Waals surface area contributed by atoms with Gasteiger partial charge in [0.25, 0.3) is 0 Å². The second kappa shape index (κ2) is 3.34. The fourth-order valence-corrected chi connectivity index (χ4v) is 3.68. The minimum absolute atomic E-state index is 0.0155. The molecule has 18 heavy (non-hydrogen) atoms. The van der Waals surface area contributed by atoms with E-state index in [0.29, 0.717) is 5.76 Å². The highest BCUT2D eigenvalue weighted by molar-refractivity contribution is 6.06. The van der Waals surface area contributed by atoms with Crippen LogP contribution in [0.4, 0.5) is 0 Å². The third-order valence-electron chi connectivity index (χ3n) is 4.46. The SMILES string of the molecule is O=C1[C@@H]2[C@@H](C(=O)N1Cc1ccco1)[C@@H]1C=C[C@@H]2C1. The summed E-state index contributed by atoms with van der Waals surface area (Å²) in [6.45, 7) is 0.275. The number of hydrogen-bond donors (Lipinski definition) is 0. The number of fused-ring (bicyclic) bond motifs is 5. The summed E-state index contributed by atoms with van der Waals surface area (Å²) in [6, 6.07) is 3.56. The zero-order chi connectivity index (χ0) is 12.3. The summed E-state index contributed by atoms with van der Waals surface area (Å²) in [6.07, 6.45) is 6.74. The van der Waals surface area contributed by atoms with Gasteiger partial charge in [-0.15, -0.1) is 0 Å². The van der Waals surface area contributed by atoms with Crippen molar-refractivity contribution < 1.29 is 14.0 Å². The van der Waals surface area contributed by atoms with E-state index in [0.717, 1.165) is 6.42 Å². The first-order valence-electron chi connectivity index (χ1n) is 6.31. The van der Waals surface area contributed by atoms with Crippen LogP contribution in [-0.2, 0) is 16.1 Å². The van der Waals surface area contributed by atoms with Gasteiger partial charge in [0.05, 0.1) is 24.6 Å². The third-order valence-corrected chi connectivity index (χ3v) is 4.46. The molecule has 1 aliphatic heterocycles. The van der Waals surface area contributed by atoms with Gasteiger partial charge in [0.15, 0.2) is 0 Å². The third kappa shape index (κ3) is 1.15. The number of carbonyl (C=O) groups is 2. The van der Waals surface area contributed by atoms with Crippen LogP contribution in [0.15, 0.2) is 35.0 Å². The summed E-state index contributed by atoms with van der Waals surface area (Å²) in [4.78, 5) is 26.1. The van der Waals surface area contributed by atoms with E-state index in [9.17, 15) is 9.59 Å². The standard InChI is InChI=1S/C14H13NO3/c16-13-11-8-3-4-9(6-8)12(11)14(17)15(13)7-10-2-1-5-18-10/h1-5,8-9,11-12H,6-7H2/t8-,9-,11+,12+/m1/s1. The van der Waals surface area contributed by atoms with E-state index in [1.165, 1.54) is 4.90 Å². The monoisotopic (exact) mass is 243 g/mol. The Labute approximate surface area is 104 Å². The van der Waals surface area contributed by atoms with Crippen molar-refractivity contribution in [2.24, 2.45) is 23.7 Å². The molecule has 4 heteroatoms. The Hall–Kier alpha value is -1.84. The van der Waals surface area contributed by atoms with E-state index in [-0.39, 0.29) is 42.0 Å². The molecule has 3 aliphatic rings. The second-order valence-electron chi connectivity index (χ2n) is 5.34. The number of rotatable bonds is 2. The Bertz CT molecular complexity index is 515. The van der Waals surface area contributed by atoms with Crippen LogP contribution >= 0.6 is 0 Å². The number of allylic oxidation sites excluding steroid dienone is 2. The van der Waals surface area contributed by atoms with E-state index >= 15 is 0 Å². The fraction of sp³-hybridized carbons (Fsp3) is 0.429. The first-order valence-corrected chi connectivity index (χ1v) is 6.31. The lowest BCUT2D eigenvalue weighted by atomic mass is 9.85. The van der Waals surface area contributed by atoms with E-state index in [1.54, 1.807) is 18.4 Å². The van der Waals surface area contributed by atoms with Gasteiger partial charge in [-0.05, 0) is 30.4 Å². The Morgan fingerprint density at radius 3 is 2.39 bits per heavy atom. The molecule has 2 heterocycles. The van der Waals surface area contributed by atoms with Crippen LogP contribution in [0, 0.1) is 23.7 Å². The Kier molecular flexibility index (Phi) is 1.88. The molecule has 0 unspecified atom stereocenters. The number of likely N-dealkylation sites (tertiary alicyclic amines) is 1. The lowest BCUT2D eigenvalue weighted by molar-refractivity contribution is -0.141. The number of nitrogens with zero attached hydrogens (tertiary/aromatic N) is 1. The molecule has 2 amide bonds. The van der Waals surface area contributed by atoms with Gasteiger partial charge in [0.2, 0.25) is 11.8 Å². The summed E-state index contributed by atoms with van der Waals surface area (Å²) in [5, 5.41) is 0. The maximum absolute atomic E-state index is 12.3. The highest BCUT2D eigenvalue weighted by Crippen LogP contribution is 2.52. The highest BCUT2D eigenvalue weighted by Gasteiger charge is 2.59. The quantitative estimate of drug-likeness (QED) is 0.585. The van der Waals surface area contributed by atoms with Crippen LogP contribution in [0.2, 0.25) is 0 Å². The number of hydrogen-bond acceptors (Lipinski definition) is 3. The molecule has 4 nitrogen and oxygen atoms in total. The van der Waals surface area contributed by atoms with Crippen LogP contribution < -0.4 is 0 Å². The van der Waals surface area contributed by atoms with Gasteiger partial charge in [-0.1, -0.05) is 12.2 Å². The van der Waals surface area contributed by atoms with Crippen molar-refractivity contribution in [2.75, 3.05) is 0 Å². The van der Waals surface area contributed by atoms with E-state index in [2.05, 4.69) is 12.2 Å². The average molecular weight is 243 g/mol. The molecule has 1 aromatic rings. The normalized spacial score (nSPS) is 36.8. The highest BCUT2D eigenvalue weighted by atomic mass is 16.3. The largest absolute Gasteiger partial charge is 0.467 e. The molecule has 4 rings (SSSR count). The van der Waals surface area contributed by atoms with Crippen molar-refractivity contribution in [1.29, 1.82) is 0 Å². The van der Waals surface area contributed by atoms with Crippen molar-refractivity contribution in [2.45, 2.75) is 13.0 Å². The van der Waals surface area contributed by atoms with Crippen molar-refractivity contribution in [3.63, 3.8) is 0 Å². The number of furan rings is 1. The molecule has 92 valence electrons. The maximum Gasteiger partial charge on any atom is 0.234 e. The number of carbonyl (C=O) groups excluding carboxylic acids is 2. The first-order chi connectivity index (χ1) is 8.75. The van der Waals surface area contributed by atoms with Crippen LogP contribution in [0.5, 0.6) is 0 Å². The van der Waals surface area contributed by atoms with Crippen LogP contribution in [-0.4, -0.2) is 16.7 Å². The number of imide groups is 1. The summed E-state index contributed by atoms with van der Waals surface area (Å²) in [7, 11) is 0. The lowest BCUT2D eigenvalue weighted by Gasteiger charge is -2.15. The lowest BCUT2D eigenvalue weighted by Crippen LogP contribution is -2.32. The minimum atomic E-state index is -0.109. The van der Waals surface area contributed by atoms with E-state index < -0.39 is 0 Å². The first kappa shape index (κ1) is 10.1. The zero-order valence-electron chi connectivity index (χ0n) is 9.78. The molecule has 2 fully saturated rings. The molecule has 0 spiro atoms. The van der Waals surface area contributed by atoms with Crippen LogP contribution in [0.1, 0.15) is 12.2 Å². The van der Waals surface area contributed by atoms with Gasteiger partial charge in [-0.25, -0.2) is 0 Å². The fourth-order valence-electron chi connectivity index (χ4n) is 3.68.